The minimum atomic E-state index is -0.100. The topological polar surface area (TPSA) is 58.1 Å². The summed E-state index contributed by atoms with van der Waals surface area (Å²) in [6.07, 6.45) is 0. The number of nitrogens with one attached hydrogen (secondary N) is 1. The number of carbonyl (C=O) groups excluding carboxylic acids is 1. The number of thioether (sulfide) groups is 1. The molecule has 1 amide bonds. The Labute approximate surface area is 151 Å². The minimum Gasteiger partial charge on any atom is -0.357 e. The van der Waals surface area contributed by atoms with Gasteiger partial charge in [0, 0.05) is 24.8 Å². The number of aromatic nitrogens is 2. The number of carbonyl (C=O) groups is 1. The highest BCUT2D eigenvalue weighted by atomic mass is 35.5. The van der Waals surface area contributed by atoms with E-state index in [-0.39, 0.29) is 11.7 Å². The van der Waals surface area contributed by atoms with Crippen LogP contribution >= 0.6 is 23.4 Å². The summed E-state index contributed by atoms with van der Waals surface area (Å²) < 4.78 is 0. The Morgan fingerprint density at radius 1 is 1.21 bits per heavy atom. The first-order valence-electron chi connectivity index (χ1n) is 7.80. The quantitative estimate of drug-likeness (QED) is 0.457. The van der Waals surface area contributed by atoms with E-state index >= 15 is 0 Å². The monoisotopic (exact) mass is 364 g/mol. The largest absolute Gasteiger partial charge is 0.357 e. The third-order valence-corrected chi connectivity index (χ3v) is 4.46. The number of halogens is 1. The number of aryl methyl sites for hydroxylation is 1. The molecule has 0 atom stereocenters. The Morgan fingerprint density at radius 2 is 1.88 bits per heavy atom. The van der Waals surface area contributed by atoms with E-state index in [4.69, 9.17) is 11.6 Å². The molecule has 24 heavy (non-hydrogen) atoms. The summed E-state index contributed by atoms with van der Waals surface area (Å²) in [5.74, 6) is 0.907. The van der Waals surface area contributed by atoms with E-state index in [2.05, 4.69) is 34.0 Å². The van der Waals surface area contributed by atoms with Crippen LogP contribution in [0, 0.1) is 6.92 Å². The predicted octanol–water partition coefficient (Wildman–Crippen LogP) is 4.02. The molecule has 2 rings (SSSR count). The van der Waals surface area contributed by atoms with E-state index in [1.165, 1.54) is 11.8 Å². The molecule has 1 aromatic heterocycles. The van der Waals surface area contributed by atoms with Crippen molar-refractivity contribution >= 4 is 40.8 Å². The Balaban J connectivity index is 1.98. The van der Waals surface area contributed by atoms with Crippen molar-refractivity contribution in [2.24, 2.45) is 0 Å². The summed E-state index contributed by atoms with van der Waals surface area (Å²) in [7, 11) is 0. The van der Waals surface area contributed by atoms with Gasteiger partial charge in [-0.15, -0.1) is 0 Å². The molecule has 0 bridgehead atoms. The molecule has 0 saturated carbocycles. The maximum Gasteiger partial charge on any atom is 0.234 e. The van der Waals surface area contributed by atoms with Crippen LogP contribution in [0.15, 0.2) is 35.5 Å². The number of rotatable bonds is 7. The van der Waals surface area contributed by atoms with Crippen LogP contribution in [0.2, 0.25) is 5.15 Å². The Morgan fingerprint density at radius 3 is 2.50 bits per heavy atom. The summed E-state index contributed by atoms with van der Waals surface area (Å²) in [6.45, 7) is 7.79. The zero-order valence-corrected chi connectivity index (χ0v) is 15.6. The molecule has 0 saturated heterocycles. The molecule has 0 aliphatic rings. The van der Waals surface area contributed by atoms with Gasteiger partial charge >= 0.3 is 0 Å². The minimum absolute atomic E-state index is 0.100. The number of amides is 1. The van der Waals surface area contributed by atoms with E-state index in [1.807, 2.05) is 31.2 Å². The van der Waals surface area contributed by atoms with Crippen LogP contribution in [-0.4, -0.2) is 34.7 Å². The fourth-order valence-electron chi connectivity index (χ4n) is 2.12. The first-order chi connectivity index (χ1) is 11.5. The smallest absolute Gasteiger partial charge is 0.234 e. The third-order valence-electron chi connectivity index (χ3n) is 3.42. The highest BCUT2D eigenvalue weighted by Gasteiger charge is 2.11. The molecule has 0 unspecified atom stereocenters. The van der Waals surface area contributed by atoms with Gasteiger partial charge in [0.1, 0.15) is 11.0 Å². The van der Waals surface area contributed by atoms with Crippen LogP contribution in [-0.2, 0) is 4.79 Å². The molecule has 5 nitrogen and oxygen atoms in total. The lowest BCUT2D eigenvalue weighted by atomic mass is 10.2. The van der Waals surface area contributed by atoms with Crippen LogP contribution in [0.25, 0.3) is 0 Å². The third kappa shape index (κ3) is 5.39. The van der Waals surface area contributed by atoms with Gasteiger partial charge in [0.05, 0.1) is 5.75 Å². The number of benzene rings is 1. The van der Waals surface area contributed by atoms with E-state index in [0.717, 1.165) is 30.2 Å². The van der Waals surface area contributed by atoms with Crippen LogP contribution in [0.4, 0.5) is 11.5 Å². The molecular weight excluding hydrogens is 344 g/mol. The van der Waals surface area contributed by atoms with Gasteiger partial charge in [-0.05, 0) is 32.9 Å². The van der Waals surface area contributed by atoms with Crippen molar-refractivity contribution in [1.82, 2.24) is 9.97 Å². The van der Waals surface area contributed by atoms with Gasteiger partial charge in [-0.25, -0.2) is 9.97 Å². The Bertz CT molecular complexity index is 689. The fourth-order valence-corrected chi connectivity index (χ4v) is 3.00. The Kier molecular flexibility index (Phi) is 6.87. The summed E-state index contributed by atoms with van der Waals surface area (Å²) in [5.41, 5.74) is 1.93. The molecular formula is C17H21ClN4OS. The van der Waals surface area contributed by atoms with Crippen LogP contribution in [0.5, 0.6) is 0 Å². The first kappa shape index (κ1) is 18.5. The molecule has 0 aliphatic heterocycles. The highest BCUT2D eigenvalue weighted by molar-refractivity contribution is 7.99. The average Bonchev–Trinajstić information content (AvgIpc) is 2.56. The van der Waals surface area contributed by atoms with Gasteiger partial charge < -0.3 is 10.2 Å². The second kappa shape index (κ2) is 8.89. The zero-order chi connectivity index (χ0) is 17.5. The van der Waals surface area contributed by atoms with Crippen molar-refractivity contribution < 1.29 is 4.79 Å². The maximum atomic E-state index is 12.1. The summed E-state index contributed by atoms with van der Waals surface area (Å²) in [6, 6.07) is 9.42. The van der Waals surface area contributed by atoms with Gasteiger partial charge in [0.2, 0.25) is 5.91 Å². The number of anilines is 2. The van der Waals surface area contributed by atoms with E-state index in [0.29, 0.717) is 10.3 Å². The van der Waals surface area contributed by atoms with Gasteiger partial charge in [-0.3, -0.25) is 4.79 Å². The summed E-state index contributed by atoms with van der Waals surface area (Å²) in [4.78, 5) is 22.8. The molecule has 0 spiro atoms. The molecule has 1 aromatic carbocycles. The standard InChI is InChI=1S/C17H21ClN4OS/c1-4-22(5-2)15-10-14(18)20-17(21-15)24-11-16(23)19-13-8-6-12(3)7-9-13/h6-10H,4-5,11H2,1-3H3,(H,19,23). The number of hydrogen-bond donors (Lipinski definition) is 1. The van der Waals surface area contributed by atoms with Gasteiger partial charge in [-0.2, -0.15) is 0 Å². The lowest BCUT2D eigenvalue weighted by molar-refractivity contribution is -0.113. The van der Waals surface area contributed by atoms with Crippen LogP contribution in [0.3, 0.4) is 0 Å². The predicted molar refractivity (Wildman–Crippen MR) is 101 cm³/mol. The van der Waals surface area contributed by atoms with Crippen molar-refractivity contribution in [2.45, 2.75) is 25.9 Å². The summed E-state index contributed by atoms with van der Waals surface area (Å²) in [5, 5.41) is 3.74. The van der Waals surface area contributed by atoms with Gasteiger partial charge in [0.25, 0.3) is 0 Å². The SMILES string of the molecule is CCN(CC)c1cc(Cl)nc(SCC(=O)Nc2ccc(C)cc2)n1. The van der Waals surface area contributed by atoms with Crippen molar-refractivity contribution in [3.05, 3.63) is 41.0 Å². The highest BCUT2D eigenvalue weighted by Crippen LogP contribution is 2.22. The van der Waals surface area contributed by atoms with Gasteiger partial charge in [-0.1, -0.05) is 41.1 Å². The molecule has 1 N–H and O–H groups in total. The first-order valence-corrected chi connectivity index (χ1v) is 9.17. The zero-order valence-electron chi connectivity index (χ0n) is 14.0. The van der Waals surface area contributed by atoms with E-state index in [9.17, 15) is 4.79 Å². The number of nitrogens with zero attached hydrogens (tertiary/aromatic N) is 3. The second-order valence-corrected chi connectivity index (χ2v) is 6.54. The molecule has 1 heterocycles. The molecule has 2 aromatic rings. The normalized spacial score (nSPS) is 10.5. The van der Waals surface area contributed by atoms with Crippen molar-refractivity contribution in [3.8, 4) is 0 Å². The van der Waals surface area contributed by atoms with Gasteiger partial charge in [0.15, 0.2) is 5.16 Å². The lowest BCUT2D eigenvalue weighted by Crippen LogP contribution is -2.23. The van der Waals surface area contributed by atoms with Crippen molar-refractivity contribution in [1.29, 1.82) is 0 Å². The second-order valence-electron chi connectivity index (χ2n) is 5.21. The van der Waals surface area contributed by atoms with Crippen LogP contribution in [0.1, 0.15) is 19.4 Å². The number of hydrogen-bond acceptors (Lipinski definition) is 5. The molecule has 0 fully saturated rings. The maximum absolute atomic E-state index is 12.1. The molecule has 128 valence electrons. The van der Waals surface area contributed by atoms with Crippen molar-refractivity contribution in [2.75, 3.05) is 29.1 Å². The molecule has 0 radical (unpaired) electrons. The summed E-state index contributed by atoms with van der Waals surface area (Å²) >= 11 is 7.35. The lowest BCUT2D eigenvalue weighted by Gasteiger charge is -2.20. The molecule has 0 aliphatic carbocycles. The van der Waals surface area contributed by atoms with E-state index in [1.54, 1.807) is 6.07 Å². The Hall–Kier alpha value is -1.79. The molecule has 7 heteroatoms. The van der Waals surface area contributed by atoms with Crippen LogP contribution < -0.4 is 10.2 Å². The average molecular weight is 365 g/mol. The fraction of sp³-hybridized carbons (Fsp3) is 0.353. The van der Waals surface area contributed by atoms with E-state index < -0.39 is 0 Å². The van der Waals surface area contributed by atoms with Crippen molar-refractivity contribution in [3.63, 3.8) is 0 Å².